The molecule has 25 heavy (non-hydrogen) atoms. The first-order valence-electron chi connectivity index (χ1n) is 8.18. The predicted octanol–water partition coefficient (Wildman–Crippen LogP) is 5.41. The Morgan fingerprint density at radius 1 is 0.920 bits per heavy atom. The van der Waals surface area contributed by atoms with Gasteiger partial charge in [0, 0.05) is 29.0 Å². The largest absolute Gasteiger partial charge is 0.366 e. The van der Waals surface area contributed by atoms with E-state index in [0.29, 0.717) is 11.0 Å². The van der Waals surface area contributed by atoms with Gasteiger partial charge in [-0.2, -0.15) is 4.98 Å². The highest BCUT2D eigenvalue weighted by atomic mass is 35.5. The van der Waals surface area contributed by atoms with E-state index in [2.05, 4.69) is 39.7 Å². The molecule has 0 saturated heterocycles. The molecule has 5 heteroatoms. The van der Waals surface area contributed by atoms with Crippen LogP contribution in [0.4, 0.5) is 17.5 Å². The fourth-order valence-corrected chi connectivity index (χ4v) is 2.73. The number of nitrogens with zero attached hydrogens (tertiary/aromatic N) is 2. The van der Waals surface area contributed by atoms with Gasteiger partial charge in [-0.25, -0.2) is 4.98 Å². The number of aryl methyl sites for hydroxylation is 3. The molecule has 1 heterocycles. The maximum Gasteiger partial charge on any atom is 0.229 e. The molecule has 0 aliphatic rings. The standard InChI is InChI=1S/C20H21ClN4/c1-13-6-4-5-7-16(13)12-22-19-10-15(3)23-20(25-19)24-18-11-17(21)9-8-14(18)2/h4-11H,12H2,1-3H3,(H2,22,23,24,25). The molecule has 1 aromatic heterocycles. The van der Waals surface area contributed by atoms with Gasteiger partial charge < -0.3 is 10.6 Å². The maximum absolute atomic E-state index is 6.08. The minimum absolute atomic E-state index is 0.553. The number of rotatable bonds is 5. The lowest BCUT2D eigenvalue weighted by atomic mass is 10.1. The Hall–Kier alpha value is -2.59. The van der Waals surface area contributed by atoms with Crippen LogP contribution < -0.4 is 10.6 Å². The van der Waals surface area contributed by atoms with Crippen molar-refractivity contribution in [2.75, 3.05) is 10.6 Å². The first kappa shape index (κ1) is 17.2. The molecule has 4 nitrogen and oxygen atoms in total. The zero-order valence-corrected chi connectivity index (χ0v) is 15.4. The molecule has 2 N–H and O–H groups in total. The second-order valence-electron chi connectivity index (χ2n) is 6.08. The summed E-state index contributed by atoms with van der Waals surface area (Å²) in [4.78, 5) is 9.04. The van der Waals surface area contributed by atoms with Crippen LogP contribution in [-0.2, 0) is 6.54 Å². The summed E-state index contributed by atoms with van der Waals surface area (Å²) in [6.07, 6.45) is 0. The van der Waals surface area contributed by atoms with Crippen LogP contribution in [0, 0.1) is 20.8 Å². The van der Waals surface area contributed by atoms with Crippen molar-refractivity contribution >= 4 is 29.1 Å². The molecule has 0 amide bonds. The molecule has 0 fully saturated rings. The molecule has 2 aromatic carbocycles. The zero-order chi connectivity index (χ0) is 17.8. The van der Waals surface area contributed by atoms with Crippen LogP contribution in [0.2, 0.25) is 5.02 Å². The van der Waals surface area contributed by atoms with Gasteiger partial charge in [0.1, 0.15) is 5.82 Å². The molecule has 0 aliphatic heterocycles. The van der Waals surface area contributed by atoms with E-state index in [9.17, 15) is 0 Å². The first-order valence-corrected chi connectivity index (χ1v) is 8.56. The summed E-state index contributed by atoms with van der Waals surface area (Å²) >= 11 is 6.08. The van der Waals surface area contributed by atoms with Gasteiger partial charge in [-0.1, -0.05) is 41.9 Å². The first-order chi connectivity index (χ1) is 12.0. The van der Waals surface area contributed by atoms with E-state index in [0.717, 1.165) is 29.3 Å². The molecule has 0 unspecified atom stereocenters. The summed E-state index contributed by atoms with van der Waals surface area (Å²) in [7, 11) is 0. The normalized spacial score (nSPS) is 10.6. The van der Waals surface area contributed by atoms with E-state index < -0.39 is 0 Å². The summed E-state index contributed by atoms with van der Waals surface area (Å²) < 4.78 is 0. The molecule has 3 rings (SSSR count). The van der Waals surface area contributed by atoms with Crippen molar-refractivity contribution in [3.05, 3.63) is 75.9 Å². The van der Waals surface area contributed by atoms with E-state index >= 15 is 0 Å². The second-order valence-corrected chi connectivity index (χ2v) is 6.52. The van der Waals surface area contributed by atoms with Crippen LogP contribution in [0.25, 0.3) is 0 Å². The third kappa shape index (κ3) is 4.48. The third-order valence-electron chi connectivity index (χ3n) is 4.02. The lowest BCUT2D eigenvalue weighted by Crippen LogP contribution is -2.06. The Bertz CT molecular complexity index is 893. The Balaban J connectivity index is 1.78. The van der Waals surface area contributed by atoms with E-state index in [1.54, 1.807) is 0 Å². The van der Waals surface area contributed by atoms with Gasteiger partial charge in [-0.15, -0.1) is 0 Å². The van der Waals surface area contributed by atoms with Crippen molar-refractivity contribution < 1.29 is 0 Å². The Morgan fingerprint density at radius 2 is 1.72 bits per heavy atom. The fraction of sp³-hybridized carbons (Fsp3) is 0.200. The molecular weight excluding hydrogens is 332 g/mol. The van der Waals surface area contributed by atoms with Crippen LogP contribution in [0.5, 0.6) is 0 Å². The molecule has 0 spiro atoms. The van der Waals surface area contributed by atoms with Crippen LogP contribution in [0.15, 0.2) is 48.5 Å². The predicted molar refractivity (Wildman–Crippen MR) is 105 cm³/mol. The average Bonchev–Trinajstić information content (AvgIpc) is 2.57. The quantitative estimate of drug-likeness (QED) is 0.644. The van der Waals surface area contributed by atoms with Crippen molar-refractivity contribution in [3.63, 3.8) is 0 Å². The lowest BCUT2D eigenvalue weighted by molar-refractivity contribution is 1.05. The minimum Gasteiger partial charge on any atom is -0.366 e. The number of anilines is 3. The van der Waals surface area contributed by atoms with Crippen LogP contribution >= 0.6 is 11.6 Å². The Kier molecular flexibility index (Phi) is 5.19. The van der Waals surface area contributed by atoms with Gasteiger partial charge in [0.2, 0.25) is 5.95 Å². The lowest BCUT2D eigenvalue weighted by Gasteiger charge is -2.12. The monoisotopic (exact) mass is 352 g/mol. The van der Waals surface area contributed by atoms with Crippen LogP contribution in [0.1, 0.15) is 22.4 Å². The van der Waals surface area contributed by atoms with Crippen molar-refractivity contribution in [1.29, 1.82) is 0 Å². The molecule has 3 aromatic rings. The van der Waals surface area contributed by atoms with Gasteiger partial charge in [-0.05, 0) is 49.6 Å². The van der Waals surface area contributed by atoms with Crippen LogP contribution in [0.3, 0.4) is 0 Å². The topological polar surface area (TPSA) is 49.8 Å². The summed E-state index contributed by atoms with van der Waals surface area (Å²) in [5, 5.41) is 7.31. The number of benzene rings is 2. The van der Waals surface area contributed by atoms with E-state index in [1.165, 1.54) is 11.1 Å². The molecule has 128 valence electrons. The van der Waals surface area contributed by atoms with E-state index in [1.807, 2.05) is 50.2 Å². The number of halogens is 1. The highest BCUT2D eigenvalue weighted by Gasteiger charge is 2.06. The SMILES string of the molecule is Cc1cc(NCc2ccccc2C)nc(Nc2cc(Cl)ccc2C)n1. The maximum atomic E-state index is 6.08. The fourth-order valence-electron chi connectivity index (χ4n) is 2.56. The number of aromatic nitrogens is 2. The molecule has 0 saturated carbocycles. The smallest absolute Gasteiger partial charge is 0.229 e. The third-order valence-corrected chi connectivity index (χ3v) is 4.26. The van der Waals surface area contributed by atoms with Crippen LogP contribution in [-0.4, -0.2) is 9.97 Å². The Morgan fingerprint density at radius 3 is 2.52 bits per heavy atom. The Labute approximate surface area is 153 Å². The summed E-state index contributed by atoms with van der Waals surface area (Å²) in [6.45, 7) is 6.80. The van der Waals surface area contributed by atoms with Gasteiger partial charge in [0.05, 0.1) is 0 Å². The molecular formula is C20H21ClN4. The molecule has 0 aliphatic carbocycles. The highest BCUT2D eigenvalue weighted by Crippen LogP contribution is 2.23. The second kappa shape index (κ2) is 7.53. The summed E-state index contributed by atoms with van der Waals surface area (Å²) in [6, 6.07) is 16.0. The van der Waals surface area contributed by atoms with Gasteiger partial charge in [0.15, 0.2) is 0 Å². The van der Waals surface area contributed by atoms with Crippen molar-refractivity contribution in [2.24, 2.45) is 0 Å². The van der Waals surface area contributed by atoms with Gasteiger partial charge in [-0.3, -0.25) is 0 Å². The summed E-state index contributed by atoms with van der Waals surface area (Å²) in [5.41, 5.74) is 5.39. The summed E-state index contributed by atoms with van der Waals surface area (Å²) in [5.74, 6) is 1.34. The van der Waals surface area contributed by atoms with Crippen molar-refractivity contribution in [1.82, 2.24) is 9.97 Å². The molecule has 0 bridgehead atoms. The van der Waals surface area contributed by atoms with Crippen molar-refractivity contribution in [3.8, 4) is 0 Å². The molecule has 0 radical (unpaired) electrons. The number of nitrogens with one attached hydrogen (secondary N) is 2. The minimum atomic E-state index is 0.553. The highest BCUT2D eigenvalue weighted by molar-refractivity contribution is 6.30. The van der Waals surface area contributed by atoms with Gasteiger partial charge in [0.25, 0.3) is 0 Å². The van der Waals surface area contributed by atoms with E-state index in [4.69, 9.17) is 11.6 Å². The average molecular weight is 353 g/mol. The van der Waals surface area contributed by atoms with Gasteiger partial charge >= 0.3 is 0 Å². The zero-order valence-electron chi connectivity index (χ0n) is 14.6. The van der Waals surface area contributed by atoms with Crippen molar-refractivity contribution in [2.45, 2.75) is 27.3 Å². The molecule has 0 atom stereocenters. The number of hydrogen-bond donors (Lipinski definition) is 2. The van der Waals surface area contributed by atoms with E-state index in [-0.39, 0.29) is 0 Å². The number of hydrogen-bond acceptors (Lipinski definition) is 4.